The molecule has 0 aliphatic carbocycles. The van der Waals surface area contributed by atoms with Gasteiger partial charge in [0.05, 0.1) is 18.4 Å². The van der Waals surface area contributed by atoms with E-state index in [2.05, 4.69) is 36.4 Å². The highest BCUT2D eigenvalue weighted by Gasteiger charge is 2.23. The van der Waals surface area contributed by atoms with Crippen molar-refractivity contribution in [1.29, 1.82) is 0 Å². The van der Waals surface area contributed by atoms with Crippen LogP contribution in [0.15, 0.2) is 6.20 Å². The maximum atomic E-state index is 5.71. The molecule has 1 saturated heterocycles. The van der Waals surface area contributed by atoms with Crippen LogP contribution >= 0.6 is 0 Å². The summed E-state index contributed by atoms with van der Waals surface area (Å²) in [6.45, 7) is 10.7. The van der Waals surface area contributed by atoms with Crippen LogP contribution in [0.2, 0.25) is 0 Å². The zero-order chi connectivity index (χ0) is 13.8. The number of nitrogens with two attached hydrogens (primary N) is 1. The number of hydrogen-bond acceptors (Lipinski definition) is 4. The van der Waals surface area contributed by atoms with Crippen molar-refractivity contribution in [3.8, 4) is 0 Å². The first-order valence-corrected chi connectivity index (χ1v) is 7.26. The van der Waals surface area contributed by atoms with Gasteiger partial charge in [0.15, 0.2) is 0 Å². The molecule has 0 saturated carbocycles. The molecule has 0 radical (unpaired) electrons. The van der Waals surface area contributed by atoms with Gasteiger partial charge in [-0.05, 0) is 12.3 Å². The van der Waals surface area contributed by atoms with E-state index in [1.807, 2.05) is 0 Å². The summed E-state index contributed by atoms with van der Waals surface area (Å²) in [5, 5.41) is 0. The highest BCUT2D eigenvalue weighted by molar-refractivity contribution is 5.34. The Kier molecular flexibility index (Phi) is 4.82. The zero-order valence-corrected chi connectivity index (χ0v) is 12.3. The number of morpholine rings is 1. The van der Waals surface area contributed by atoms with Gasteiger partial charge in [-0.3, -0.25) is 0 Å². The molecular weight excluding hydrogens is 240 g/mol. The molecule has 1 fully saturated rings. The quantitative estimate of drug-likeness (QED) is 0.872. The molecule has 0 aromatic carbocycles. The summed E-state index contributed by atoms with van der Waals surface area (Å²) < 4.78 is 7.91. The third kappa shape index (κ3) is 3.48. The van der Waals surface area contributed by atoms with Crippen LogP contribution in [0, 0.1) is 5.92 Å². The lowest BCUT2D eigenvalue weighted by Crippen LogP contribution is -2.46. The molecule has 1 aliphatic rings. The van der Waals surface area contributed by atoms with Gasteiger partial charge in [0.25, 0.3) is 0 Å². The minimum absolute atomic E-state index is 0.128. The summed E-state index contributed by atoms with van der Waals surface area (Å²) in [4.78, 5) is 7.07. The van der Waals surface area contributed by atoms with Gasteiger partial charge < -0.3 is 19.9 Å². The molecule has 1 unspecified atom stereocenters. The van der Waals surface area contributed by atoms with Gasteiger partial charge in [-0.2, -0.15) is 0 Å². The largest absolute Gasteiger partial charge is 0.373 e. The molecule has 108 valence electrons. The van der Waals surface area contributed by atoms with Crippen molar-refractivity contribution in [2.45, 2.75) is 39.8 Å². The molecule has 5 heteroatoms. The fourth-order valence-corrected chi connectivity index (χ4v) is 2.45. The molecule has 1 aromatic heterocycles. The normalized spacial score (nSPS) is 20.3. The number of anilines is 1. The van der Waals surface area contributed by atoms with Crippen LogP contribution in [0.25, 0.3) is 0 Å². The molecule has 1 atom stereocenters. The summed E-state index contributed by atoms with van der Waals surface area (Å²) in [6.07, 6.45) is 3.29. The average Bonchev–Trinajstić information content (AvgIpc) is 2.81. The number of ether oxygens (including phenoxy) is 1. The standard InChI is InChI=1S/C14H26N4O/c1-4-12-9-18(8-11(2)3)14(16-12)17-5-6-19-13(7-15)10-17/h9,11,13H,4-8,10,15H2,1-3H3. The van der Waals surface area contributed by atoms with Gasteiger partial charge in [0, 0.05) is 32.4 Å². The third-order valence-electron chi connectivity index (χ3n) is 3.41. The van der Waals surface area contributed by atoms with E-state index in [1.54, 1.807) is 0 Å². The Morgan fingerprint density at radius 3 is 2.95 bits per heavy atom. The molecule has 2 N–H and O–H groups in total. The minimum atomic E-state index is 0.128. The number of imidazole rings is 1. The second-order valence-corrected chi connectivity index (χ2v) is 5.61. The Balaban J connectivity index is 2.19. The third-order valence-corrected chi connectivity index (χ3v) is 3.41. The van der Waals surface area contributed by atoms with Crippen molar-refractivity contribution in [3.05, 3.63) is 11.9 Å². The van der Waals surface area contributed by atoms with Crippen molar-refractivity contribution in [3.63, 3.8) is 0 Å². The first-order valence-electron chi connectivity index (χ1n) is 7.26. The van der Waals surface area contributed by atoms with Crippen molar-refractivity contribution in [2.75, 3.05) is 31.1 Å². The van der Waals surface area contributed by atoms with Crippen LogP contribution in [0.1, 0.15) is 26.5 Å². The van der Waals surface area contributed by atoms with Crippen molar-refractivity contribution < 1.29 is 4.74 Å². The van der Waals surface area contributed by atoms with Gasteiger partial charge >= 0.3 is 0 Å². The lowest BCUT2D eigenvalue weighted by atomic mass is 10.2. The highest BCUT2D eigenvalue weighted by Crippen LogP contribution is 2.19. The molecule has 0 amide bonds. The Morgan fingerprint density at radius 1 is 1.53 bits per heavy atom. The van der Waals surface area contributed by atoms with Gasteiger partial charge in [0.2, 0.25) is 5.95 Å². The first kappa shape index (κ1) is 14.3. The van der Waals surface area contributed by atoms with Gasteiger partial charge in [-0.1, -0.05) is 20.8 Å². The minimum Gasteiger partial charge on any atom is -0.373 e. The Labute approximate surface area is 115 Å². The fraction of sp³-hybridized carbons (Fsp3) is 0.786. The maximum absolute atomic E-state index is 5.71. The van der Waals surface area contributed by atoms with Crippen molar-refractivity contribution in [1.82, 2.24) is 9.55 Å². The summed E-state index contributed by atoms with van der Waals surface area (Å²) in [5.74, 6) is 1.69. The van der Waals surface area contributed by atoms with Gasteiger partial charge in [-0.15, -0.1) is 0 Å². The van der Waals surface area contributed by atoms with Crippen molar-refractivity contribution in [2.24, 2.45) is 11.7 Å². The van der Waals surface area contributed by atoms with E-state index >= 15 is 0 Å². The first-order chi connectivity index (χ1) is 9.13. The van der Waals surface area contributed by atoms with Crippen LogP contribution in [-0.2, 0) is 17.7 Å². The predicted octanol–water partition coefficient (Wildman–Crippen LogP) is 1.27. The Morgan fingerprint density at radius 2 is 2.32 bits per heavy atom. The second-order valence-electron chi connectivity index (χ2n) is 5.61. The van der Waals surface area contributed by atoms with Crippen LogP contribution in [0.5, 0.6) is 0 Å². The summed E-state index contributed by atoms with van der Waals surface area (Å²) in [7, 11) is 0. The topological polar surface area (TPSA) is 56.3 Å². The van der Waals surface area contributed by atoms with Crippen LogP contribution in [-0.4, -0.2) is 41.9 Å². The summed E-state index contributed by atoms with van der Waals surface area (Å²) in [5.41, 5.74) is 6.87. The number of rotatable bonds is 5. The van der Waals surface area contributed by atoms with E-state index in [4.69, 9.17) is 15.5 Å². The van der Waals surface area contributed by atoms with Crippen molar-refractivity contribution >= 4 is 5.95 Å². The number of hydrogen-bond donors (Lipinski definition) is 1. The smallest absolute Gasteiger partial charge is 0.205 e. The van der Waals surface area contributed by atoms with Gasteiger partial charge in [-0.25, -0.2) is 4.98 Å². The molecule has 1 aromatic rings. The average molecular weight is 266 g/mol. The number of aryl methyl sites for hydroxylation is 1. The fourth-order valence-electron chi connectivity index (χ4n) is 2.45. The highest BCUT2D eigenvalue weighted by atomic mass is 16.5. The molecule has 0 bridgehead atoms. The molecule has 5 nitrogen and oxygen atoms in total. The van der Waals surface area contributed by atoms with E-state index in [0.29, 0.717) is 12.5 Å². The molecule has 2 rings (SSSR count). The maximum Gasteiger partial charge on any atom is 0.205 e. The number of nitrogens with zero attached hydrogens (tertiary/aromatic N) is 3. The van der Waals surface area contributed by atoms with E-state index in [1.165, 1.54) is 0 Å². The summed E-state index contributed by atoms with van der Waals surface area (Å²) >= 11 is 0. The van der Waals surface area contributed by atoms with E-state index in [9.17, 15) is 0 Å². The van der Waals surface area contributed by atoms with Crippen LogP contribution in [0.4, 0.5) is 5.95 Å². The molecule has 0 spiro atoms. The summed E-state index contributed by atoms with van der Waals surface area (Å²) in [6, 6.07) is 0. The van der Waals surface area contributed by atoms with Gasteiger partial charge in [0.1, 0.15) is 0 Å². The molecule has 1 aliphatic heterocycles. The Hall–Kier alpha value is -1.07. The lowest BCUT2D eigenvalue weighted by Gasteiger charge is -2.33. The molecular formula is C14H26N4O. The van der Waals surface area contributed by atoms with E-state index in [-0.39, 0.29) is 6.10 Å². The Bertz CT molecular complexity index is 402. The predicted molar refractivity (Wildman–Crippen MR) is 77.5 cm³/mol. The number of aromatic nitrogens is 2. The lowest BCUT2D eigenvalue weighted by molar-refractivity contribution is 0.0457. The van der Waals surface area contributed by atoms with E-state index in [0.717, 1.165) is 44.3 Å². The van der Waals surface area contributed by atoms with Crippen LogP contribution < -0.4 is 10.6 Å². The zero-order valence-electron chi connectivity index (χ0n) is 12.3. The monoisotopic (exact) mass is 266 g/mol. The second kappa shape index (κ2) is 6.39. The molecule has 19 heavy (non-hydrogen) atoms. The molecule has 2 heterocycles. The van der Waals surface area contributed by atoms with Crippen LogP contribution in [0.3, 0.4) is 0 Å². The van der Waals surface area contributed by atoms with E-state index < -0.39 is 0 Å². The SMILES string of the molecule is CCc1cn(CC(C)C)c(N2CCOC(CN)C2)n1.